The minimum absolute atomic E-state index is 0.0941. The number of hydrazone groups is 1. The third-order valence-corrected chi connectivity index (χ3v) is 3.88. The zero-order valence-electron chi connectivity index (χ0n) is 12.5. The van der Waals surface area contributed by atoms with Crippen LogP contribution in [-0.2, 0) is 9.59 Å². The van der Waals surface area contributed by atoms with E-state index in [1.54, 1.807) is 0 Å². The van der Waals surface area contributed by atoms with Crippen LogP contribution < -0.4 is 10.3 Å². The maximum atomic E-state index is 12.1. The maximum Gasteiger partial charge on any atom is 0.255 e. The van der Waals surface area contributed by atoms with Crippen LogP contribution in [0.5, 0.6) is 0 Å². The Morgan fingerprint density at radius 2 is 1.86 bits per heavy atom. The van der Waals surface area contributed by atoms with Gasteiger partial charge in [-0.15, -0.1) is 0 Å². The van der Waals surface area contributed by atoms with Gasteiger partial charge in [-0.3, -0.25) is 14.5 Å². The van der Waals surface area contributed by atoms with Gasteiger partial charge in [-0.05, 0) is 38.1 Å². The summed E-state index contributed by atoms with van der Waals surface area (Å²) < 4.78 is 0. The molecular weight excluding hydrogens is 280 g/mol. The Kier molecular flexibility index (Phi) is 4.48. The molecule has 1 aromatic rings. The Labute approximate surface area is 129 Å². The van der Waals surface area contributed by atoms with Crippen LogP contribution >= 0.6 is 0 Å². The van der Waals surface area contributed by atoms with Gasteiger partial charge in [0.25, 0.3) is 5.91 Å². The molecule has 1 aromatic carbocycles. The number of hydrogen-bond donors (Lipinski definition) is 1. The first-order valence-corrected chi connectivity index (χ1v) is 7.70. The number of nitrogens with zero attached hydrogens (tertiary/aromatic N) is 3. The van der Waals surface area contributed by atoms with E-state index in [4.69, 9.17) is 0 Å². The smallest absolute Gasteiger partial charge is 0.255 e. The lowest BCUT2D eigenvalue weighted by Gasteiger charge is -2.25. The minimum Gasteiger partial charge on any atom is -0.311 e. The van der Waals surface area contributed by atoms with Gasteiger partial charge in [-0.2, -0.15) is 10.1 Å². The molecule has 2 heterocycles. The molecule has 3 rings (SSSR count). The molecule has 0 spiro atoms. The lowest BCUT2D eigenvalue weighted by Crippen LogP contribution is -2.41. The number of piperidine rings is 1. The summed E-state index contributed by atoms with van der Waals surface area (Å²) in [6.07, 6.45) is 3.68. The molecule has 0 aliphatic carbocycles. The van der Waals surface area contributed by atoms with E-state index in [0.717, 1.165) is 25.9 Å². The molecule has 116 valence electrons. The van der Waals surface area contributed by atoms with Gasteiger partial charge < -0.3 is 5.32 Å². The average molecular weight is 300 g/mol. The fourth-order valence-corrected chi connectivity index (χ4v) is 2.79. The van der Waals surface area contributed by atoms with E-state index in [-0.39, 0.29) is 18.2 Å². The van der Waals surface area contributed by atoms with E-state index in [0.29, 0.717) is 18.1 Å². The fourth-order valence-electron chi connectivity index (χ4n) is 2.79. The van der Waals surface area contributed by atoms with Crippen molar-refractivity contribution in [1.29, 1.82) is 0 Å². The van der Waals surface area contributed by atoms with E-state index in [1.165, 1.54) is 11.4 Å². The topological polar surface area (TPSA) is 65.0 Å². The molecule has 0 aromatic heterocycles. The SMILES string of the molecule is O=C(CN1CCCCC1)NC1=NN(c2ccccc2)C(=O)C1. The molecule has 2 amide bonds. The monoisotopic (exact) mass is 300 g/mol. The highest BCUT2D eigenvalue weighted by Crippen LogP contribution is 2.19. The lowest BCUT2D eigenvalue weighted by atomic mass is 10.1. The summed E-state index contributed by atoms with van der Waals surface area (Å²) in [4.78, 5) is 26.2. The molecule has 0 atom stereocenters. The number of amidine groups is 1. The van der Waals surface area contributed by atoms with Gasteiger partial charge in [-0.1, -0.05) is 24.6 Å². The summed E-state index contributed by atoms with van der Waals surface area (Å²) in [6, 6.07) is 9.23. The van der Waals surface area contributed by atoms with Crippen LogP contribution in [0.2, 0.25) is 0 Å². The second kappa shape index (κ2) is 6.70. The highest BCUT2D eigenvalue weighted by molar-refractivity contribution is 6.15. The van der Waals surface area contributed by atoms with E-state index >= 15 is 0 Å². The van der Waals surface area contributed by atoms with Crippen molar-refractivity contribution in [2.24, 2.45) is 5.10 Å². The quantitative estimate of drug-likeness (QED) is 0.916. The van der Waals surface area contributed by atoms with Crippen LogP contribution in [0.3, 0.4) is 0 Å². The number of carbonyl (C=O) groups is 2. The van der Waals surface area contributed by atoms with E-state index in [2.05, 4.69) is 15.3 Å². The van der Waals surface area contributed by atoms with Gasteiger partial charge in [-0.25, -0.2) is 0 Å². The number of amides is 2. The molecule has 2 aliphatic rings. The number of carbonyl (C=O) groups excluding carboxylic acids is 2. The lowest BCUT2D eigenvalue weighted by molar-refractivity contribution is -0.121. The van der Waals surface area contributed by atoms with Crippen molar-refractivity contribution in [2.45, 2.75) is 25.7 Å². The number of benzene rings is 1. The number of para-hydroxylation sites is 1. The van der Waals surface area contributed by atoms with Gasteiger partial charge in [0, 0.05) is 0 Å². The molecule has 1 saturated heterocycles. The summed E-state index contributed by atoms with van der Waals surface area (Å²) in [6.45, 7) is 2.31. The minimum atomic E-state index is -0.125. The average Bonchev–Trinajstić information content (AvgIpc) is 2.89. The molecule has 0 unspecified atom stereocenters. The van der Waals surface area contributed by atoms with Crippen molar-refractivity contribution in [2.75, 3.05) is 24.6 Å². The molecule has 1 N–H and O–H groups in total. The number of anilines is 1. The molecule has 6 heteroatoms. The summed E-state index contributed by atoms with van der Waals surface area (Å²) in [5.41, 5.74) is 0.716. The Bertz CT molecular complexity index is 579. The van der Waals surface area contributed by atoms with Crippen molar-refractivity contribution >= 4 is 23.3 Å². The Balaban J connectivity index is 1.58. The molecule has 6 nitrogen and oxygen atoms in total. The van der Waals surface area contributed by atoms with Gasteiger partial charge in [0.05, 0.1) is 18.7 Å². The van der Waals surface area contributed by atoms with E-state index in [1.807, 2.05) is 30.3 Å². The Morgan fingerprint density at radius 3 is 2.59 bits per heavy atom. The summed E-state index contributed by atoms with van der Waals surface area (Å²) in [5.74, 6) is 0.207. The number of hydrogen-bond acceptors (Lipinski definition) is 4. The van der Waals surface area contributed by atoms with Crippen molar-refractivity contribution < 1.29 is 9.59 Å². The van der Waals surface area contributed by atoms with Crippen molar-refractivity contribution in [3.63, 3.8) is 0 Å². The van der Waals surface area contributed by atoms with Gasteiger partial charge in [0.2, 0.25) is 5.91 Å². The second-order valence-corrected chi connectivity index (χ2v) is 5.65. The van der Waals surface area contributed by atoms with Gasteiger partial charge in [0.15, 0.2) is 0 Å². The van der Waals surface area contributed by atoms with Crippen LogP contribution in [-0.4, -0.2) is 42.2 Å². The molecule has 0 bridgehead atoms. The predicted molar refractivity (Wildman–Crippen MR) is 84.4 cm³/mol. The van der Waals surface area contributed by atoms with Crippen LogP contribution in [0.25, 0.3) is 0 Å². The zero-order chi connectivity index (χ0) is 15.4. The molecule has 22 heavy (non-hydrogen) atoms. The highest BCUT2D eigenvalue weighted by Gasteiger charge is 2.26. The first kappa shape index (κ1) is 14.7. The van der Waals surface area contributed by atoms with Crippen molar-refractivity contribution in [1.82, 2.24) is 10.2 Å². The molecular formula is C16H20N4O2. The first-order valence-electron chi connectivity index (χ1n) is 7.70. The van der Waals surface area contributed by atoms with Gasteiger partial charge >= 0.3 is 0 Å². The van der Waals surface area contributed by atoms with E-state index in [9.17, 15) is 9.59 Å². The third-order valence-electron chi connectivity index (χ3n) is 3.88. The standard InChI is InChI=1S/C16H20N4O2/c21-15(12-19-9-5-2-6-10-19)17-14-11-16(22)20(18-14)13-7-3-1-4-8-13/h1,3-4,7-8H,2,5-6,9-12H2,(H,17,18,21). The normalized spacial score (nSPS) is 19.2. The molecule has 0 saturated carbocycles. The largest absolute Gasteiger partial charge is 0.311 e. The van der Waals surface area contributed by atoms with Crippen LogP contribution in [0.1, 0.15) is 25.7 Å². The summed E-state index contributed by atoms with van der Waals surface area (Å²) in [5, 5.41) is 8.33. The number of likely N-dealkylation sites (tertiary alicyclic amines) is 1. The second-order valence-electron chi connectivity index (χ2n) is 5.65. The number of rotatable bonds is 3. The zero-order valence-corrected chi connectivity index (χ0v) is 12.5. The Morgan fingerprint density at radius 1 is 1.14 bits per heavy atom. The van der Waals surface area contributed by atoms with Gasteiger partial charge in [0.1, 0.15) is 5.84 Å². The highest BCUT2D eigenvalue weighted by atomic mass is 16.2. The van der Waals surface area contributed by atoms with Crippen LogP contribution in [0, 0.1) is 0 Å². The third kappa shape index (κ3) is 3.51. The van der Waals surface area contributed by atoms with Crippen LogP contribution in [0.15, 0.2) is 35.4 Å². The maximum absolute atomic E-state index is 12.1. The summed E-state index contributed by atoms with van der Waals surface area (Å²) in [7, 11) is 0. The van der Waals surface area contributed by atoms with Crippen LogP contribution in [0.4, 0.5) is 5.69 Å². The van der Waals surface area contributed by atoms with Crippen molar-refractivity contribution in [3.05, 3.63) is 30.3 Å². The van der Waals surface area contributed by atoms with Crippen molar-refractivity contribution in [3.8, 4) is 0 Å². The summed E-state index contributed by atoms with van der Waals surface area (Å²) >= 11 is 0. The molecule has 0 radical (unpaired) electrons. The Hall–Kier alpha value is -2.21. The fraction of sp³-hybridized carbons (Fsp3) is 0.438. The molecule has 1 fully saturated rings. The molecule has 2 aliphatic heterocycles. The number of nitrogens with one attached hydrogen (secondary N) is 1. The van der Waals surface area contributed by atoms with E-state index < -0.39 is 0 Å². The predicted octanol–water partition coefficient (Wildman–Crippen LogP) is 1.34. The first-order chi connectivity index (χ1) is 10.7.